The number of hydrogen-bond donors (Lipinski definition) is 2. The summed E-state index contributed by atoms with van der Waals surface area (Å²) in [7, 11) is 0. The lowest BCUT2D eigenvalue weighted by Gasteiger charge is -2.20. The molecular weight excluding hydrogens is 323 g/mol. The Hall–Kier alpha value is -2.47. The van der Waals surface area contributed by atoms with E-state index < -0.39 is 0 Å². The van der Waals surface area contributed by atoms with Gasteiger partial charge < -0.3 is 10.2 Å². The Morgan fingerprint density at radius 2 is 1.71 bits per heavy atom. The van der Waals surface area contributed by atoms with E-state index in [0.29, 0.717) is 10.8 Å². The molecule has 0 unspecified atom stereocenters. The largest absolute Gasteiger partial charge is 0.372 e. The molecule has 0 saturated carbocycles. The third-order valence-electron chi connectivity index (χ3n) is 3.50. The van der Waals surface area contributed by atoms with Crippen LogP contribution in [0.4, 0.5) is 15.8 Å². The minimum Gasteiger partial charge on any atom is -0.372 e. The Balaban J connectivity index is 1.86. The van der Waals surface area contributed by atoms with Crippen LogP contribution in [0.5, 0.6) is 0 Å². The number of nitrogens with one attached hydrogen (secondary N) is 2. The second kappa shape index (κ2) is 8.98. The first-order valence-electron chi connectivity index (χ1n) is 7.83. The molecule has 0 aliphatic carbocycles. The second-order valence-electron chi connectivity index (χ2n) is 5.09. The van der Waals surface area contributed by atoms with Crippen LogP contribution in [0, 0.1) is 5.82 Å². The van der Waals surface area contributed by atoms with Crippen molar-refractivity contribution in [1.29, 1.82) is 0 Å². The van der Waals surface area contributed by atoms with Crippen LogP contribution in [-0.2, 0) is 0 Å². The number of hydrazone groups is 1. The van der Waals surface area contributed by atoms with Crippen molar-refractivity contribution in [3.63, 3.8) is 0 Å². The molecule has 0 saturated heterocycles. The van der Waals surface area contributed by atoms with Crippen LogP contribution < -0.4 is 15.6 Å². The molecule has 2 rings (SSSR count). The van der Waals surface area contributed by atoms with Crippen molar-refractivity contribution in [2.75, 3.05) is 23.3 Å². The quantitative estimate of drug-likeness (QED) is 0.472. The van der Waals surface area contributed by atoms with Gasteiger partial charge in [-0.3, -0.25) is 5.43 Å². The number of nitrogens with zero attached hydrogens (tertiary/aromatic N) is 2. The summed E-state index contributed by atoms with van der Waals surface area (Å²) < 4.78 is 12.8. The number of halogens is 1. The second-order valence-corrected chi connectivity index (χ2v) is 5.50. The summed E-state index contributed by atoms with van der Waals surface area (Å²) in [5.74, 6) is -0.286. The van der Waals surface area contributed by atoms with Gasteiger partial charge in [-0.05, 0) is 68.0 Å². The fourth-order valence-corrected chi connectivity index (χ4v) is 2.39. The molecular formula is C18H21FN4S. The van der Waals surface area contributed by atoms with Crippen LogP contribution in [0.1, 0.15) is 19.4 Å². The molecule has 2 aromatic rings. The molecule has 4 nitrogen and oxygen atoms in total. The number of hydrogen-bond acceptors (Lipinski definition) is 3. The van der Waals surface area contributed by atoms with E-state index in [1.165, 1.54) is 17.8 Å². The maximum absolute atomic E-state index is 12.8. The standard InChI is InChI=1S/C18H21FN4S/c1-3-23(4-2)17-11-5-14(6-12-17)13-20-22-18(24)21-16-9-7-15(19)8-10-16/h5-13H,3-4H2,1-2H3,(H2,21,22,24)/b20-13+. The van der Waals surface area contributed by atoms with Crippen molar-refractivity contribution in [1.82, 2.24) is 5.43 Å². The summed E-state index contributed by atoms with van der Waals surface area (Å²) in [5, 5.41) is 7.38. The van der Waals surface area contributed by atoms with Gasteiger partial charge in [0.15, 0.2) is 5.11 Å². The summed E-state index contributed by atoms with van der Waals surface area (Å²) >= 11 is 5.13. The molecule has 0 aromatic heterocycles. The van der Waals surface area contributed by atoms with Gasteiger partial charge in [0, 0.05) is 24.5 Å². The van der Waals surface area contributed by atoms with Crippen LogP contribution in [-0.4, -0.2) is 24.4 Å². The highest BCUT2D eigenvalue weighted by molar-refractivity contribution is 7.80. The van der Waals surface area contributed by atoms with E-state index in [2.05, 4.69) is 46.7 Å². The minimum absolute atomic E-state index is 0.286. The Morgan fingerprint density at radius 3 is 2.29 bits per heavy atom. The molecule has 0 amide bonds. The molecule has 0 spiro atoms. The fourth-order valence-electron chi connectivity index (χ4n) is 2.22. The van der Waals surface area contributed by atoms with Gasteiger partial charge >= 0.3 is 0 Å². The first-order chi connectivity index (χ1) is 11.6. The van der Waals surface area contributed by atoms with Crippen LogP contribution in [0.3, 0.4) is 0 Å². The summed E-state index contributed by atoms with van der Waals surface area (Å²) in [6, 6.07) is 14.1. The maximum Gasteiger partial charge on any atom is 0.191 e. The molecule has 126 valence electrons. The number of anilines is 2. The zero-order valence-corrected chi connectivity index (χ0v) is 14.6. The fraction of sp³-hybridized carbons (Fsp3) is 0.222. The molecule has 2 N–H and O–H groups in total. The number of thiocarbonyl (C=S) groups is 1. The van der Waals surface area contributed by atoms with E-state index in [1.54, 1.807) is 18.3 Å². The van der Waals surface area contributed by atoms with Crippen molar-refractivity contribution in [2.45, 2.75) is 13.8 Å². The van der Waals surface area contributed by atoms with Crippen LogP contribution in [0.15, 0.2) is 53.6 Å². The summed E-state index contributed by atoms with van der Waals surface area (Å²) in [6.45, 7) is 6.24. The van der Waals surface area contributed by atoms with E-state index >= 15 is 0 Å². The molecule has 0 aliphatic heterocycles. The maximum atomic E-state index is 12.8. The van der Waals surface area contributed by atoms with Gasteiger partial charge in [0.25, 0.3) is 0 Å². The Kier molecular flexibility index (Phi) is 6.69. The third-order valence-corrected chi connectivity index (χ3v) is 3.70. The van der Waals surface area contributed by atoms with E-state index in [1.807, 2.05) is 12.1 Å². The highest BCUT2D eigenvalue weighted by atomic mass is 32.1. The molecule has 0 radical (unpaired) electrons. The van der Waals surface area contributed by atoms with Gasteiger partial charge in [-0.15, -0.1) is 0 Å². The molecule has 2 aromatic carbocycles. The van der Waals surface area contributed by atoms with Crippen molar-refractivity contribution >= 4 is 34.9 Å². The lowest BCUT2D eigenvalue weighted by Crippen LogP contribution is -2.23. The predicted octanol–water partition coefficient (Wildman–Crippen LogP) is 3.99. The smallest absolute Gasteiger partial charge is 0.191 e. The average molecular weight is 344 g/mol. The molecule has 0 bridgehead atoms. The van der Waals surface area contributed by atoms with Gasteiger partial charge in [0.2, 0.25) is 0 Å². The predicted molar refractivity (Wildman–Crippen MR) is 103 cm³/mol. The normalized spacial score (nSPS) is 10.6. The zero-order valence-electron chi connectivity index (χ0n) is 13.8. The summed E-state index contributed by atoms with van der Waals surface area (Å²) in [4.78, 5) is 2.28. The van der Waals surface area contributed by atoms with E-state index in [0.717, 1.165) is 18.7 Å². The highest BCUT2D eigenvalue weighted by Gasteiger charge is 2.00. The van der Waals surface area contributed by atoms with E-state index in [4.69, 9.17) is 12.2 Å². The lowest BCUT2D eigenvalue weighted by atomic mass is 10.2. The monoisotopic (exact) mass is 344 g/mol. The van der Waals surface area contributed by atoms with Crippen LogP contribution in [0.25, 0.3) is 0 Å². The van der Waals surface area contributed by atoms with E-state index in [-0.39, 0.29) is 5.82 Å². The number of benzene rings is 2. The first kappa shape index (κ1) is 17.9. The SMILES string of the molecule is CCN(CC)c1ccc(/C=N/NC(=S)Nc2ccc(F)cc2)cc1. The summed E-state index contributed by atoms with van der Waals surface area (Å²) in [6.07, 6.45) is 1.70. The molecule has 0 aliphatic rings. The Morgan fingerprint density at radius 1 is 1.08 bits per heavy atom. The van der Waals surface area contributed by atoms with Gasteiger partial charge in [0.1, 0.15) is 5.82 Å². The van der Waals surface area contributed by atoms with Gasteiger partial charge in [-0.1, -0.05) is 12.1 Å². The summed E-state index contributed by atoms with van der Waals surface area (Å²) in [5.41, 5.74) is 5.61. The topological polar surface area (TPSA) is 39.7 Å². The molecule has 24 heavy (non-hydrogen) atoms. The Bertz CT molecular complexity index is 679. The van der Waals surface area contributed by atoms with Gasteiger partial charge in [-0.2, -0.15) is 5.10 Å². The number of rotatable bonds is 6. The van der Waals surface area contributed by atoms with Gasteiger partial charge in [0.05, 0.1) is 6.21 Å². The lowest BCUT2D eigenvalue weighted by molar-refractivity contribution is 0.628. The van der Waals surface area contributed by atoms with Crippen molar-refractivity contribution in [3.05, 3.63) is 59.9 Å². The molecule has 0 fully saturated rings. The molecule has 0 atom stereocenters. The van der Waals surface area contributed by atoms with Crippen LogP contribution in [0.2, 0.25) is 0 Å². The highest BCUT2D eigenvalue weighted by Crippen LogP contribution is 2.14. The van der Waals surface area contributed by atoms with Crippen molar-refractivity contribution in [2.24, 2.45) is 5.10 Å². The van der Waals surface area contributed by atoms with Crippen LogP contribution >= 0.6 is 12.2 Å². The Labute approximate surface area is 147 Å². The minimum atomic E-state index is -0.286. The van der Waals surface area contributed by atoms with Crippen molar-refractivity contribution < 1.29 is 4.39 Å². The van der Waals surface area contributed by atoms with Gasteiger partial charge in [-0.25, -0.2) is 4.39 Å². The molecule has 6 heteroatoms. The first-order valence-corrected chi connectivity index (χ1v) is 8.23. The average Bonchev–Trinajstić information content (AvgIpc) is 2.59. The zero-order chi connectivity index (χ0) is 17.4. The molecule has 0 heterocycles. The third kappa shape index (κ3) is 5.31. The van der Waals surface area contributed by atoms with Crippen molar-refractivity contribution in [3.8, 4) is 0 Å². The van der Waals surface area contributed by atoms with E-state index in [9.17, 15) is 4.39 Å².